The average Bonchev–Trinajstić information content (AvgIpc) is 2.62. The van der Waals surface area contributed by atoms with E-state index >= 15 is 0 Å². The van der Waals surface area contributed by atoms with Crippen molar-refractivity contribution in [3.63, 3.8) is 0 Å². The van der Waals surface area contributed by atoms with Gasteiger partial charge in [-0.15, -0.1) is 0 Å². The fourth-order valence-electron chi connectivity index (χ4n) is 1.80. The highest BCUT2D eigenvalue weighted by Crippen LogP contribution is 2.34. The lowest BCUT2D eigenvalue weighted by molar-refractivity contribution is 1.25. The zero-order valence-electron chi connectivity index (χ0n) is 6.63. The Labute approximate surface area is 75.2 Å². The monoisotopic (exact) mass is 175 g/mol. The zero-order chi connectivity index (χ0) is 7.97. The first kappa shape index (κ1) is 6.61. The van der Waals surface area contributed by atoms with Gasteiger partial charge in [-0.2, -0.15) is 11.8 Å². The van der Waals surface area contributed by atoms with E-state index in [0.29, 0.717) is 0 Å². The molecule has 0 fully saturated rings. The Morgan fingerprint density at radius 2 is 2.08 bits per heavy atom. The van der Waals surface area contributed by atoms with Gasteiger partial charge in [-0.3, -0.25) is 0 Å². The minimum absolute atomic E-state index is 1.16. The minimum Gasteiger partial charge on any atom is -0.357 e. The number of rotatable bonds is 0. The summed E-state index contributed by atoms with van der Waals surface area (Å²) in [5, 5.41) is 1.41. The Morgan fingerprint density at radius 3 is 3.08 bits per heavy atom. The van der Waals surface area contributed by atoms with E-state index in [9.17, 15) is 0 Å². The van der Waals surface area contributed by atoms with Crippen LogP contribution in [-0.4, -0.2) is 4.98 Å². The minimum atomic E-state index is 1.16. The molecule has 2 heteroatoms. The van der Waals surface area contributed by atoms with Crippen LogP contribution in [0.25, 0.3) is 10.9 Å². The second-order valence-corrected chi connectivity index (χ2v) is 4.11. The van der Waals surface area contributed by atoms with E-state index in [4.69, 9.17) is 0 Å². The average molecular weight is 175 g/mol. The van der Waals surface area contributed by atoms with Gasteiger partial charge in [0.05, 0.1) is 0 Å². The fraction of sp³-hybridized carbons (Fsp3) is 0.200. The first-order chi connectivity index (χ1) is 5.95. The lowest BCUT2D eigenvalue weighted by Gasteiger charge is -1.90. The van der Waals surface area contributed by atoms with Gasteiger partial charge < -0.3 is 4.98 Å². The predicted molar refractivity (Wildman–Crippen MR) is 53.3 cm³/mol. The molecule has 0 amide bonds. The van der Waals surface area contributed by atoms with Crippen LogP contribution in [0, 0.1) is 0 Å². The third-order valence-corrected chi connectivity index (χ3v) is 3.38. The van der Waals surface area contributed by atoms with Crippen molar-refractivity contribution in [2.75, 3.05) is 0 Å². The van der Waals surface area contributed by atoms with Crippen molar-refractivity contribution in [3.05, 3.63) is 35.5 Å². The summed E-state index contributed by atoms with van der Waals surface area (Å²) in [7, 11) is 0. The molecular weight excluding hydrogens is 166 g/mol. The number of fused-ring (bicyclic) bond motifs is 3. The number of benzene rings is 1. The molecule has 0 saturated carbocycles. The van der Waals surface area contributed by atoms with Crippen molar-refractivity contribution >= 4 is 22.7 Å². The first-order valence-electron chi connectivity index (χ1n) is 4.11. The molecule has 0 spiro atoms. The van der Waals surface area contributed by atoms with Crippen LogP contribution in [0.4, 0.5) is 0 Å². The molecule has 0 radical (unpaired) electrons. The zero-order valence-corrected chi connectivity index (χ0v) is 7.45. The van der Waals surface area contributed by atoms with Gasteiger partial charge in [0.15, 0.2) is 0 Å². The molecule has 2 aromatic rings. The van der Waals surface area contributed by atoms with Gasteiger partial charge in [0.1, 0.15) is 0 Å². The lowest BCUT2D eigenvalue weighted by Crippen LogP contribution is -1.73. The van der Waals surface area contributed by atoms with Crippen molar-refractivity contribution in [3.8, 4) is 0 Å². The molecule has 1 aliphatic rings. The van der Waals surface area contributed by atoms with Crippen LogP contribution in [0.15, 0.2) is 24.3 Å². The van der Waals surface area contributed by atoms with Gasteiger partial charge >= 0.3 is 0 Å². The molecule has 60 valence electrons. The fourth-order valence-corrected chi connectivity index (χ4v) is 2.89. The van der Waals surface area contributed by atoms with E-state index in [-0.39, 0.29) is 0 Å². The van der Waals surface area contributed by atoms with Crippen LogP contribution in [0.1, 0.15) is 11.3 Å². The smallest absolute Gasteiger partial charge is 0.0459 e. The van der Waals surface area contributed by atoms with E-state index in [1.54, 1.807) is 0 Å². The maximum Gasteiger partial charge on any atom is 0.0459 e. The van der Waals surface area contributed by atoms with Crippen molar-refractivity contribution in [2.45, 2.75) is 11.5 Å². The van der Waals surface area contributed by atoms with Crippen LogP contribution in [-0.2, 0) is 11.5 Å². The van der Waals surface area contributed by atoms with E-state index in [1.807, 2.05) is 11.8 Å². The number of para-hydroxylation sites is 1. The van der Waals surface area contributed by atoms with Crippen molar-refractivity contribution in [1.29, 1.82) is 0 Å². The number of aromatic nitrogens is 1. The van der Waals surface area contributed by atoms with Gasteiger partial charge in [-0.25, -0.2) is 0 Å². The van der Waals surface area contributed by atoms with Crippen molar-refractivity contribution in [2.24, 2.45) is 0 Å². The van der Waals surface area contributed by atoms with Gasteiger partial charge in [-0.1, -0.05) is 18.2 Å². The number of aromatic amines is 1. The predicted octanol–water partition coefficient (Wildman–Crippen LogP) is 2.91. The summed E-state index contributed by atoms with van der Waals surface area (Å²) < 4.78 is 0. The summed E-state index contributed by atoms with van der Waals surface area (Å²) in [6, 6.07) is 8.55. The van der Waals surface area contributed by atoms with Gasteiger partial charge in [0.25, 0.3) is 0 Å². The molecule has 1 aromatic heterocycles. The molecule has 0 saturated heterocycles. The Hall–Kier alpha value is -0.890. The number of H-pyrrole nitrogens is 1. The molecule has 12 heavy (non-hydrogen) atoms. The number of hydrogen-bond acceptors (Lipinski definition) is 1. The molecule has 0 atom stereocenters. The summed E-state index contributed by atoms with van der Waals surface area (Å²) in [5.74, 6) is 2.34. The van der Waals surface area contributed by atoms with Crippen LogP contribution in [0.5, 0.6) is 0 Å². The molecule has 2 heterocycles. The Bertz CT molecular complexity index is 430. The van der Waals surface area contributed by atoms with Gasteiger partial charge in [0.2, 0.25) is 0 Å². The van der Waals surface area contributed by atoms with Gasteiger partial charge in [0, 0.05) is 28.1 Å². The third kappa shape index (κ3) is 0.758. The molecule has 0 bridgehead atoms. The lowest BCUT2D eigenvalue weighted by atomic mass is 10.2. The summed E-state index contributed by atoms with van der Waals surface area (Å²) in [6.45, 7) is 0. The van der Waals surface area contributed by atoms with Crippen LogP contribution in [0.2, 0.25) is 0 Å². The van der Waals surface area contributed by atoms with Crippen LogP contribution >= 0.6 is 11.8 Å². The van der Waals surface area contributed by atoms with E-state index < -0.39 is 0 Å². The highest BCUT2D eigenvalue weighted by Gasteiger charge is 2.15. The molecule has 0 aliphatic carbocycles. The SMILES string of the molecule is c1ccc2c3c([nH]c2c1)CSC3. The number of hydrogen-bond donors (Lipinski definition) is 1. The molecule has 3 rings (SSSR count). The quantitative estimate of drug-likeness (QED) is 0.651. The normalized spacial score (nSPS) is 15.3. The second-order valence-electron chi connectivity index (χ2n) is 3.12. The molecule has 1 N–H and O–H groups in total. The molecule has 0 unspecified atom stereocenters. The van der Waals surface area contributed by atoms with E-state index in [0.717, 1.165) is 5.75 Å². The molecule has 1 aliphatic heterocycles. The van der Waals surface area contributed by atoms with E-state index in [2.05, 4.69) is 29.2 Å². The maximum atomic E-state index is 3.46. The van der Waals surface area contributed by atoms with Crippen molar-refractivity contribution < 1.29 is 0 Å². The van der Waals surface area contributed by atoms with Crippen molar-refractivity contribution in [1.82, 2.24) is 4.98 Å². The van der Waals surface area contributed by atoms with Crippen LogP contribution < -0.4 is 0 Å². The molecule has 1 aromatic carbocycles. The van der Waals surface area contributed by atoms with Gasteiger partial charge in [-0.05, 0) is 11.6 Å². The molecule has 1 nitrogen and oxygen atoms in total. The summed E-state index contributed by atoms with van der Waals surface area (Å²) in [5.41, 5.74) is 4.25. The number of nitrogens with one attached hydrogen (secondary N) is 1. The maximum absolute atomic E-state index is 3.46. The third-order valence-electron chi connectivity index (χ3n) is 2.39. The first-order valence-corrected chi connectivity index (χ1v) is 5.27. The number of thioether (sulfide) groups is 1. The Morgan fingerprint density at radius 1 is 1.17 bits per heavy atom. The molecular formula is C10H9NS. The summed E-state index contributed by atoms with van der Waals surface area (Å²) in [6.07, 6.45) is 0. The Balaban J connectivity index is 2.44. The Kier molecular flexibility index (Phi) is 1.27. The topological polar surface area (TPSA) is 15.8 Å². The van der Waals surface area contributed by atoms with Crippen LogP contribution in [0.3, 0.4) is 0 Å². The largest absolute Gasteiger partial charge is 0.357 e. The standard InChI is InChI=1S/C10H9NS/c1-2-4-9-7(3-1)8-5-12-6-10(8)11-9/h1-4,11H,5-6H2. The summed E-state index contributed by atoms with van der Waals surface area (Å²) in [4.78, 5) is 3.46. The second kappa shape index (κ2) is 2.30. The van der Waals surface area contributed by atoms with E-state index in [1.165, 1.54) is 27.9 Å². The summed E-state index contributed by atoms with van der Waals surface area (Å²) >= 11 is 1.99. The highest BCUT2D eigenvalue weighted by molar-refractivity contribution is 7.98. The highest BCUT2D eigenvalue weighted by atomic mass is 32.2.